The van der Waals surface area contributed by atoms with Gasteiger partial charge in [0.2, 0.25) is 0 Å². The first-order valence-corrected chi connectivity index (χ1v) is 13.3. The smallest absolute Gasteiger partial charge is 0.393 e. The highest BCUT2D eigenvalue weighted by atomic mass is 19.4. The first-order chi connectivity index (χ1) is 16.3. The molecule has 4 nitrogen and oxygen atoms in total. The molecule has 4 fully saturated rings. The Balaban J connectivity index is 1.41. The summed E-state index contributed by atoms with van der Waals surface area (Å²) in [6.07, 6.45) is 4.48. The summed E-state index contributed by atoms with van der Waals surface area (Å²) in [5.74, 6) is 1.38. The van der Waals surface area contributed by atoms with E-state index in [0.717, 1.165) is 37.8 Å². The van der Waals surface area contributed by atoms with E-state index in [9.17, 15) is 28.5 Å². The van der Waals surface area contributed by atoms with Crippen molar-refractivity contribution in [1.82, 2.24) is 4.90 Å². The molecule has 1 saturated heterocycles. The topological polar surface area (TPSA) is 63.9 Å². The Morgan fingerprint density at radius 3 is 2.49 bits per heavy atom. The zero-order valence-corrected chi connectivity index (χ0v) is 21.2. The van der Waals surface area contributed by atoms with Gasteiger partial charge < -0.3 is 20.2 Å². The number of rotatable bonds is 4. The molecule has 0 aromatic rings. The Labute approximate surface area is 207 Å². The first-order valence-electron chi connectivity index (χ1n) is 13.3. The zero-order chi connectivity index (χ0) is 25.6. The van der Waals surface area contributed by atoms with Crippen molar-refractivity contribution in [3.63, 3.8) is 0 Å². The molecule has 0 bridgehead atoms. The predicted octanol–water partition coefficient (Wildman–Crippen LogP) is 5.15. The number of halogens is 3. The lowest BCUT2D eigenvalue weighted by Crippen LogP contribution is -2.54. The van der Waals surface area contributed by atoms with E-state index >= 15 is 0 Å². The number of aliphatic hydroxyl groups is 3. The summed E-state index contributed by atoms with van der Waals surface area (Å²) in [6, 6.07) is 0. The Bertz CT molecular complexity index is 858. The molecule has 0 spiro atoms. The lowest BCUT2D eigenvalue weighted by Gasteiger charge is -2.46. The van der Waals surface area contributed by atoms with Gasteiger partial charge in [-0.25, -0.2) is 0 Å². The largest absolute Gasteiger partial charge is 0.417 e. The van der Waals surface area contributed by atoms with Crippen molar-refractivity contribution in [3.05, 3.63) is 35.5 Å². The fraction of sp³-hybridized carbons (Fsp3) is 0.786. The molecule has 0 unspecified atom stereocenters. The zero-order valence-electron chi connectivity index (χ0n) is 21.2. The molecule has 0 amide bonds. The second-order valence-electron chi connectivity index (χ2n) is 12.0. The second kappa shape index (κ2) is 9.96. The van der Waals surface area contributed by atoms with Gasteiger partial charge in [0.05, 0.1) is 12.2 Å². The Hall–Kier alpha value is -1.15. The van der Waals surface area contributed by atoms with Crippen molar-refractivity contribution >= 4 is 0 Å². The van der Waals surface area contributed by atoms with Gasteiger partial charge in [-0.15, -0.1) is 0 Å². The van der Waals surface area contributed by atoms with Gasteiger partial charge in [-0.2, -0.15) is 13.2 Å². The van der Waals surface area contributed by atoms with Crippen LogP contribution < -0.4 is 0 Å². The van der Waals surface area contributed by atoms with Crippen LogP contribution in [0.1, 0.15) is 71.6 Å². The highest BCUT2D eigenvalue weighted by Crippen LogP contribution is 2.59. The highest BCUT2D eigenvalue weighted by Gasteiger charge is 2.55. The Morgan fingerprint density at radius 2 is 1.83 bits per heavy atom. The van der Waals surface area contributed by atoms with Crippen molar-refractivity contribution in [2.75, 3.05) is 19.6 Å². The molecule has 3 aliphatic carbocycles. The summed E-state index contributed by atoms with van der Waals surface area (Å²) in [4.78, 5) is 2.11. The molecule has 0 aromatic heterocycles. The van der Waals surface area contributed by atoms with Crippen LogP contribution in [0.15, 0.2) is 35.5 Å². The van der Waals surface area contributed by atoms with E-state index in [1.165, 1.54) is 12.0 Å². The van der Waals surface area contributed by atoms with Crippen molar-refractivity contribution in [3.8, 4) is 0 Å². The van der Waals surface area contributed by atoms with Gasteiger partial charge in [0.15, 0.2) is 5.60 Å². The third kappa shape index (κ3) is 5.29. The summed E-state index contributed by atoms with van der Waals surface area (Å²) >= 11 is 0. The maximum Gasteiger partial charge on any atom is 0.417 e. The van der Waals surface area contributed by atoms with Crippen molar-refractivity contribution in [2.45, 2.75) is 95.6 Å². The van der Waals surface area contributed by atoms with E-state index in [0.29, 0.717) is 36.2 Å². The average molecular weight is 498 g/mol. The van der Waals surface area contributed by atoms with E-state index in [1.54, 1.807) is 0 Å². The van der Waals surface area contributed by atoms with Crippen LogP contribution in [0.25, 0.3) is 0 Å². The minimum atomic E-state index is -4.56. The summed E-state index contributed by atoms with van der Waals surface area (Å²) in [7, 11) is 0. The van der Waals surface area contributed by atoms with Crippen molar-refractivity contribution < 1.29 is 28.5 Å². The number of alkyl halides is 3. The van der Waals surface area contributed by atoms with Crippen molar-refractivity contribution in [2.24, 2.45) is 23.2 Å². The average Bonchev–Trinajstić information content (AvgIpc) is 3.13. The minimum absolute atomic E-state index is 0.174. The van der Waals surface area contributed by atoms with Crippen LogP contribution in [0.5, 0.6) is 0 Å². The van der Waals surface area contributed by atoms with Crippen molar-refractivity contribution in [1.29, 1.82) is 0 Å². The van der Waals surface area contributed by atoms with Crippen LogP contribution in [-0.4, -0.2) is 63.8 Å². The van der Waals surface area contributed by atoms with Gasteiger partial charge in [0.1, 0.15) is 0 Å². The molecule has 1 aliphatic heterocycles. The number of likely N-dealkylation sites (tertiary alicyclic amines) is 1. The van der Waals surface area contributed by atoms with Crippen LogP contribution >= 0.6 is 0 Å². The number of fused-ring (bicyclic) bond motifs is 1. The summed E-state index contributed by atoms with van der Waals surface area (Å²) in [6.45, 7) is 10.0. The molecular formula is C28H42F3NO3. The van der Waals surface area contributed by atoms with Gasteiger partial charge in [-0.3, -0.25) is 0 Å². The van der Waals surface area contributed by atoms with Crippen LogP contribution in [0.4, 0.5) is 13.2 Å². The lowest BCUT2D eigenvalue weighted by atomic mass is 9.61. The van der Waals surface area contributed by atoms with Gasteiger partial charge in [-0.1, -0.05) is 38.2 Å². The van der Waals surface area contributed by atoms with Crippen LogP contribution in [0.3, 0.4) is 0 Å². The third-order valence-corrected chi connectivity index (χ3v) is 9.75. The number of hydrogen-bond donors (Lipinski definition) is 3. The number of hydrogen-bond acceptors (Lipinski definition) is 4. The van der Waals surface area contributed by atoms with Gasteiger partial charge in [-0.05, 0) is 85.7 Å². The molecule has 3 N–H and O–H groups in total. The first kappa shape index (κ1) is 26.9. The predicted molar refractivity (Wildman–Crippen MR) is 131 cm³/mol. The highest BCUT2D eigenvalue weighted by molar-refractivity contribution is 5.38. The Morgan fingerprint density at radius 1 is 1.14 bits per heavy atom. The fourth-order valence-electron chi connectivity index (χ4n) is 7.60. The standard InChI is InChI=1S/C28H42F3NO3/c1-18(17-32-13-11-27(35,12-14-32)28(29,30)31)23-8-9-24-20(5-4-10-26(23,24)3)6-7-21-15-22(33)16-25(34)19(21)2/h6-7,18,22-25,33-35H,2,4-5,8-17H2,1,3H3/b20-6+,21-7-/t18-,22-,23-,24+,25+,26-/m1/s1. The van der Waals surface area contributed by atoms with Crippen LogP contribution in [-0.2, 0) is 0 Å². The SMILES string of the molecule is C=C1/C(=C\C=C2/CCC[C@]3(C)[C@@H]([C@H](C)CN4CCC(O)(C(F)(F)F)CC4)CC[C@@H]23)C[C@@H](O)C[C@@H]1O. The minimum Gasteiger partial charge on any atom is -0.393 e. The molecule has 198 valence electrons. The molecule has 4 rings (SSSR count). The number of nitrogens with zero attached hydrogens (tertiary/aromatic N) is 1. The maximum atomic E-state index is 13.2. The fourth-order valence-corrected chi connectivity index (χ4v) is 7.60. The molecule has 7 heteroatoms. The van der Waals surface area contributed by atoms with E-state index in [-0.39, 0.29) is 31.3 Å². The van der Waals surface area contributed by atoms with Gasteiger partial charge in [0, 0.05) is 26.1 Å². The summed E-state index contributed by atoms with van der Waals surface area (Å²) < 4.78 is 39.5. The molecule has 0 aromatic carbocycles. The number of piperidine rings is 1. The molecule has 35 heavy (non-hydrogen) atoms. The maximum absolute atomic E-state index is 13.2. The second-order valence-corrected chi connectivity index (χ2v) is 12.0. The molecular weight excluding hydrogens is 455 g/mol. The summed E-state index contributed by atoms with van der Waals surface area (Å²) in [5.41, 5.74) is 0.722. The molecule has 3 saturated carbocycles. The van der Waals surface area contributed by atoms with Crippen LogP contribution in [0, 0.1) is 23.2 Å². The summed E-state index contributed by atoms with van der Waals surface area (Å²) in [5, 5.41) is 30.2. The molecule has 6 atom stereocenters. The van der Waals surface area contributed by atoms with E-state index in [4.69, 9.17) is 0 Å². The number of aliphatic hydroxyl groups excluding tert-OH is 2. The van der Waals surface area contributed by atoms with Crippen LogP contribution in [0.2, 0.25) is 0 Å². The molecule has 1 heterocycles. The normalized spacial score (nSPS) is 39.7. The quantitative estimate of drug-likeness (QED) is 0.503. The lowest BCUT2D eigenvalue weighted by molar-refractivity contribution is -0.272. The Kier molecular flexibility index (Phi) is 7.65. The molecule has 4 aliphatic rings. The molecule has 0 radical (unpaired) electrons. The third-order valence-electron chi connectivity index (χ3n) is 9.75. The number of allylic oxidation sites excluding steroid dienone is 3. The monoisotopic (exact) mass is 497 g/mol. The van der Waals surface area contributed by atoms with E-state index < -0.39 is 24.0 Å². The van der Waals surface area contributed by atoms with E-state index in [1.807, 2.05) is 0 Å². The van der Waals surface area contributed by atoms with E-state index in [2.05, 4.69) is 37.5 Å². The van der Waals surface area contributed by atoms with Gasteiger partial charge in [0.25, 0.3) is 0 Å². The van der Waals surface area contributed by atoms with Gasteiger partial charge >= 0.3 is 6.18 Å².